The minimum atomic E-state index is -0.755. The number of hydrogen-bond acceptors (Lipinski definition) is 3. The minimum absolute atomic E-state index is 0.0260. The summed E-state index contributed by atoms with van der Waals surface area (Å²) >= 11 is 7.86. The first-order chi connectivity index (χ1) is 9.50. The van der Waals surface area contributed by atoms with Gasteiger partial charge in [0.1, 0.15) is 6.10 Å². The van der Waals surface area contributed by atoms with Crippen LogP contribution in [0.4, 0.5) is 5.69 Å². The lowest BCUT2D eigenvalue weighted by atomic mass is 9.95. The van der Waals surface area contributed by atoms with Crippen LogP contribution in [0.15, 0.2) is 23.6 Å². The summed E-state index contributed by atoms with van der Waals surface area (Å²) in [6.45, 7) is 3.72. The van der Waals surface area contributed by atoms with E-state index in [2.05, 4.69) is 5.32 Å². The number of hydrogen-bond donors (Lipinski definition) is 2. The molecule has 0 fully saturated rings. The maximum atomic E-state index is 11.8. The molecule has 1 aliphatic heterocycles. The molecule has 2 atom stereocenters. The van der Waals surface area contributed by atoms with Gasteiger partial charge >= 0.3 is 0 Å². The minimum Gasteiger partial charge on any atom is -0.383 e. The molecule has 0 saturated carbocycles. The van der Waals surface area contributed by atoms with Crippen molar-refractivity contribution in [1.29, 1.82) is 0 Å². The second-order valence-corrected chi connectivity index (χ2v) is 6.36. The molecule has 0 aliphatic carbocycles. The van der Waals surface area contributed by atoms with Gasteiger partial charge in [-0.05, 0) is 42.5 Å². The molecule has 2 heterocycles. The molecular weight excluding hydrogens is 294 g/mol. The lowest BCUT2D eigenvalue weighted by Crippen LogP contribution is -2.08. The van der Waals surface area contributed by atoms with Gasteiger partial charge in [0.25, 0.3) is 0 Å². The number of benzene rings is 1. The van der Waals surface area contributed by atoms with Crippen LogP contribution < -0.4 is 5.32 Å². The number of carbonyl (C=O) groups excluding carboxylic acids is 1. The number of carbonyl (C=O) groups is 1. The number of fused-ring (bicyclic) bond motifs is 1. The van der Waals surface area contributed by atoms with Gasteiger partial charge in [0.15, 0.2) is 0 Å². The summed E-state index contributed by atoms with van der Waals surface area (Å²) in [6.07, 6.45) is -0.755. The Labute approximate surface area is 126 Å². The first-order valence-electron chi connectivity index (χ1n) is 6.36. The lowest BCUT2D eigenvalue weighted by Gasteiger charge is -2.16. The van der Waals surface area contributed by atoms with E-state index in [1.54, 1.807) is 0 Å². The fraction of sp³-hybridized carbons (Fsp3) is 0.267. The highest BCUT2D eigenvalue weighted by molar-refractivity contribution is 7.10. The average Bonchev–Trinajstić information content (AvgIpc) is 3.04. The SMILES string of the molecule is Cc1c(Cl)c(C(O)c2cccs2)cc2c1NC(=O)C2C. The zero-order valence-electron chi connectivity index (χ0n) is 11.1. The third kappa shape index (κ3) is 1.95. The molecular formula is C15H14ClNO2S. The van der Waals surface area contributed by atoms with Crippen LogP contribution in [0.2, 0.25) is 5.02 Å². The summed E-state index contributed by atoms with van der Waals surface area (Å²) < 4.78 is 0. The van der Waals surface area contributed by atoms with E-state index >= 15 is 0 Å². The number of thiophene rings is 1. The van der Waals surface area contributed by atoms with Crippen molar-refractivity contribution in [3.63, 3.8) is 0 Å². The number of aliphatic hydroxyl groups is 1. The Hall–Kier alpha value is -1.36. The van der Waals surface area contributed by atoms with Crippen LogP contribution in [0.1, 0.15) is 40.5 Å². The molecule has 5 heteroatoms. The van der Waals surface area contributed by atoms with Crippen molar-refractivity contribution in [2.75, 3.05) is 5.32 Å². The van der Waals surface area contributed by atoms with E-state index in [1.807, 2.05) is 37.4 Å². The van der Waals surface area contributed by atoms with E-state index in [9.17, 15) is 9.90 Å². The predicted molar refractivity (Wildman–Crippen MR) is 81.6 cm³/mol. The fourth-order valence-electron chi connectivity index (χ4n) is 2.53. The van der Waals surface area contributed by atoms with Gasteiger partial charge in [0.2, 0.25) is 5.91 Å². The van der Waals surface area contributed by atoms with Crippen molar-refractivity contribution in [3.05, 3.63) is 50.2 Å². The molecule has 2 aromatic rings. The number of aliphatic hydroxyl groups excluding tert-OH is 1. The van der Waals surface area contributed by atoms with Crippen LogP contribution in [0.25, 0.3) is 0 Å². The van der Waals surface area contributed by atoms with E-state index in [0.717, 1.165) is 21.7 Å². The topological polar surface area (TPSA) is 49.3 Å². The van der Waals surface area contributed by atoms with Gasteiger partial charge < -0.3 is 10.4 Å². The highest BCUT2D eigenvalue weighted by atomic mass is 35.5. The van der Waals surface area contributed by atoms with Gasteiger partial charge in [-0.25, -0.2) is 0 Å². The van der Waals surface area contributed by atoms with Crippen LogP contribution in [-0.2, 0) is 4.79 Å². The maximum absolute atomic E-state index is 11.8. The molecule has 2 N–H and O–H groups in total. The molecule has 0 spiro atoms. The van der Waals surface area contributed by atoms with Gasteiger partial charge in [0, 0.05) is 16.1 Å². The number of halogens is 1. The van der Waals surface area contributed by atoms with Crippen LogP contribution in [0.3, 0.4) is 0 Å². The summed E-state index contributed by atoms with van der Waals surface area (Å²) in [5, 5.41) is 15.8. The Balaban J connectivity index is 2.14. The van der Waals surface area contributed by atoms with Crippen molar-refractivity contribution in [2.45, 2.75) is 25.9 Å². The van der Waals surface area contributed by atoms with Gasteiger partial charge in [-0.2, -0.15) is 0 Å². The zero-order valence-corrected chi connectivity index (χ0v) is 12.7. The van der Waals surface area contributed by atoms with Gasteiger partial charge in [-0.3, -0.25) is 4.79 Å². The Kier molecular flexibility index (Phi) is 3.32. The molecule has 1 aromatic heterocycles. The van der Waals surface area contributed by atoms with Crippen molar-refractivity contribution < 1.29 is 9.90 Å². The van der Waals surface area contributed by atoms with E-state index in [-0.39, 0.29) is 11.8 Å². The molecule has 0 radical (unpaired) electrons. The summed E-state index contributed by atoms with van der Waals surface area (Å²) in [6, 6.07) is 5.61. The summed E-state index contributed by atoms with van der Waals surface area (Å²) in [4.78, 5) is 12.6. The maximum Gasteiger partial charge on any atom is 0.231 e. The normalized spacial score (nSPS) is 18.8. The Morgan fingerprint density at radius 1 is 1.50 bits per heavy atom. The molecule has 104 valence electrons. The van der Waals surface area contributed by atoms with E-state index in [4.69, 9.17) is 11.6 Å². The smallest absolute Gasteiger partial charge is 0.231 e. The summed E-state index contributed by atoms with van der Waals surface area (Å²) in [5.41, 5.74) is 3.17. The zero-order chi connectivity index (χ0) is 14.4. The monoisotopic (exact) mass is 307 g/mol. The standard InChI is InChI=1S/C15H14ClNO2S/c1-7-9-6-10(14(18)11-4-3-5-20-11)12(16)8(2)13(9)17-15(7)19/h3-7,14,18H,1-2H3,(H,17,19). The third-order valence-electron chi connectivity index (χ3n) is 3.77. The van der Waals surface area contributed by atoms with E-state index in [0.29, 0.717) is 10.6 Å². The van der Waals surface area contributed by atoms with E-state index in [1.165, 1.54) is 11.3 Å². The highest BCUT2D eigenvalue weighted by Gasteiger charge is 2.31. The molecule has 2 unspecified atom stereocenters. The van der Waals surface area contributed by atoms with Crippen molar-refractivity contribution in [2.24, 2.45) is 0 Å². The second kappa shape index (κ2) is 4.88. The molecule has 0 bridgehead atoms. The summed E-state index contributed by atoms with van der Waals surface area (Å²) in [5.74, 6) is -0.239. The predicted octanol–water partition coefficient (Wildman–Crippen LogP) is 3.85. The Morgan fingerprint density at radius 2 is 2.25 bits per heavy atom. The average molecular weight is 308 g/mol. The molecule has 3 rings (SSSR count). The molecule has 3 nitrogen and oxygen atoms in total. The Bertz CT molecular complexity index is 682. The quantitative estimate of drug-likeness (QED) is 0.885. The first kappa shape index (κ1) is 13.6. The van der Waals surface area contributed by atoms with Crippen molar-refractivity contribution in [1.82, 2.24) is 0 Å². The van der Waals surface area contributed by atoms with E-state index < -0.39 is 6.10 Å². The van der Waals surface area contributed by atoms with Gasteiger partial charge in [0.05, 0.1) is 10.9 Å². The second-order valence-electron chi connectivity index (χ2n) is 5.00. The van der Waals surface area contributed by atoms with Crippen LogP contribution in [-0.4, -0.2) is 11.0 Å². The first-order valence-corrected chi connectivity index (χ1v) is 7.61. The summed E-state index contributed by atoms with van der Waals surface area (Å²) in [7, 11) is 0. The molecule has 0 saturated heterocycles. The number of amides is 1. The molecule has 1 aliphatic rings. The van der Waals surface area contributed by atoms with Crippen LogP contribution >= 0.6 is 22.9 Å². The van der Waals surface area contributed by atoms with Gasteiger partial charge in [-0.1, -0.05) is 17.7 Å². The van der Waals surface area contributed by atoms with Crippen LogP contribution in [0.5, 0.6) is 0 Å². The van der Waals surface area contributed by atoms with Crippen molar-refractivity contribution in [3.8, 4) is 0 Å². The van der Waals surface area contributed by atoms with Crippen molar-refractivity contribution >= 4 is 34.5 Å². The molecule has 20 heavy (non-hydrogen) atoms. The Morgan fingerprint density at radius 3 is 2.90 bits per heavy atom. The fourth-order valence-corrected chi connectivity index (χ4v) is 3.50. The lowest BCUT2D eigenvalue weighted by molar-refractivity contribution is -0.116. The highest BCUT2D eigenvalue weighted by Crippen LogP contribution is 2.43. The largest absolute Gasteiger partial charge is 0.383 e. The number of rotatable bonds is 2. The third-order valence-corrected chi connectivity index (χ3v) is 5.20. The molecule has 1 amide bonds. The number of nitrogens with one attached hydrogen (secondary N) is 1. The number of anilines is 1. The molecule has 1 aromatic carbocycles. The van der Waals surface area contributed by atoms with Gasteiger partial charge in [-0.15, -0.1) is 11.3 Å². The van der Waals surface area contributed by atoms with Crippen LogP contribution in [0, 0.1) is 6.92 Å².